The highest BCUT2D eigenvalue weighted by Gasteiger charge is 2.30. The molecular formula is C21H31N3O2S+2. The summed E-state index contributed by atoms with van der Waals surface area (Å²) in [5.74, 6) is 1.09. The maximum absolute atomic E-state index is 12.5. The summed E-state index contributed by atoms with van der Waals surface area (Å²) >= 11 is 1.75. The molecule has 0 radical (unpaired) electrons. The van der Waals surface area contributed by atoms with Gasteiger partial charge in [-0.25, -0.2) is 0 Å². The summed E-state index contributed by atoms with van der Waals surface area (Å²) in [7, 11) is 1.70. The molecule has 27 heavy (non-hydrogen) atoms. The molecule has 1 aromatic heterocycles. The van der Waals surface area contributed by atoms with Crippen molar-refractivity contribution in [3.63, 3.8) is 0 Å². The van der Waals surface area contributed by atoms with Gasteiger partial charge in [-0.2, -0.15) is 0 Å². The topological polar surface area (TPSA) is 47.2 Å². The minimum absolute atomic E-state index is 0.0240. The number of ether oxygens (including phenoxy) is 1. The average molecular weight is 390 g/mol. The minimum Gasteiger partial charge on any atom is -0.497 e. The number of amides is 1. The third-order valence-corrected chi connectivity index (χ3v) is 6.41. The Kier molecular flexibility index (Phi) is 7.26. The van der Waals surface area contributed by atoms with Crippen LogP contribution in [-0.2, 0) is 17.8 Å². The van der Waals surface area contributed by atoms with Gasteiger partial charge in [0.2, 0.25) is 0 Å². The summed E-state index contributed by atoms with van der Waals surface area (Å²) in [6.07, 6.45) is 0.922. The molecule has 1 saturated heterocycles. The van der Waals surface area contributed by atoms with Crippen LogP contribution in [0.5, 0.6) is 5.75 Å². The fourth-order valence-corrected chi connectivity index (χ4v) is 4.38. The molecule has 1 atom stereocenters. The van der Waals surface area contributed by atoms with Crippen molar-refractivity contribution in [3.05, 3.63) is 52.2 Å². The maximum atomic E-state index is 12.5. The van der Waals surface area contributed by atoms with E-state index in [-0.39, 0.29) is 11.9 Å². The molecule has 0 spiro atoms. The average Bonchev–Trinajstić information content (AvgIpc) is 3.22. The van der Waals surface area contributed by atoms with Gasteiger partial charge in [0.1, 0.15) is 38.5 Å². The first-order chi connectivity index (χ1) is 13.2. The second kappa shape index (κ2) is 9.88. The second-order valence-electron chi connectivity index (χ2n) is 7.28. The van der Waals surface area contributed by atoms with E-state index in [1.165, 1.54) is 15.3 Å². The first-order valence-electron chi connectivity index (χ1n) is 9.77. The van der Waals surface area contributed by atoms with Gasteiger partial charge in [0.05, 0.1) is 7.11 Å². The summed E-state index contributed by atoms with van der Waals surface area (Å²) in [6, 6.07) is 12.6. The van der Waals surface area contributed by atoms with E-state index in [2.05, 4.69) is 41.9 Å². The van der Waals surface area contributed by atoms with Gasteiger partial charge in [0.15, 0.2) is 6.04 Å². The Labute approximate surface area is 165 Å². The Morgan fingerprint density at radius 1 is 1.19 bits per heavy atom. The van der Waals surface area contributed by atoms with Crippen molar-refractivity contribution >= 4 is 17.2 Å². The summed E-state index contributed by atoms with van der Waals surface area (Å²) in [5.41, 5.74) is 1.34. The van der Waals surface area contributed by atoms with Crippen LogP contribution in [0.15, 0.2) is 41.8 Å². The zero-order valence-electron chi connectivity index (χ0n) is 16.3. The molecule has 0 saturated carbocycles. The van der Waals surface area contributed by atoms with Crippen molar-refractivity contribution in [1.29, 1.82) is 0 Å². The Morgan fingerprint density at radius 3 is 2.56 bits per heavy atom. The van der Waals surface area contributed by atoms with Crippen molar-refractivity contribution < 1.29 is 19.3 Å². The first-order valence-corrected chi connectivity index (χ1v) is 10.6. The highest BCUT2D eigenvalue weighted by molar-refractivity contribution is 7.09. The number of carbonyl (C=O) groups is 1. The lowest BCUT2D eigenvalue weighted by molar-refractivity contribution is -1.02. The summed E-state index contributed by atoms with van der Waals surface area (Å²) in [4.78, 5) is 16.8. The molecule has 1 aliphatic rings. The predicted octanol–water partition coefficient (Wildman–Crippen LogP) is -0.212. The van der Waals surface area contributed by atoms with Gasteiger partial charge >= 0.3 is 0 Å². The number of hydrogen-bond acceptors (Lipinski definition) is 3. The van der Waals surface area contributed by atoms with Crippen LogP contribution < -0.4 is 19.9 Å². The van der Waals surface area contributed by atoms with Crippen LogP contribution in [0.3, 0.4) is 0 Å². The quantitative estimate of drug-likeness (QED) is 0.585. The van der Waals surface area contributed by atoms with Gasteiger partial charge in [-0.1, -0.05) is 6.07 Å². The van der Waals surface area contributed by atoms with E-state index in [0.29, 0.717) is 0 Å². The van der Waals surface area contributed by atoms with Gasteiger partial charge in [-0.05, 0) is 49.1 Å². The predicted molar refractivity (Wildman–Crippen MR) is 109 cm³/mol. The van der Waals surface area contributed by atoms with Crippen molar-refractivity contribution in [2.45, 2.75) is 25.9 Å². The smallest absolute Gasteiger partial charge is 0.278 e. The number of hydrogen-bond donors (Lipinski definition) is 3. The number of rotatable bonds is 8. The van der Waals surface area contributed by atoms with Crippen LogP contribution in [0.2, 0.25) is 0 Å². The third-order valence-electron chi connectivity index (χ3n) is 5.47. The van der Waals surface area contributed by atoms with Crippen LogP contribution in [0.1, 0.15) is 17.4 Å². The van der Waals surface area contributed by atoms with E-state index in [0.717, 1.165) is 51.4 Å². The molecule has 1 aromatic carbocycles. The summed E-state index contributed by atoms with van der Waals surface area (Å²) in [6.45, 7) is 8.13. The molecule has 1 amide bonds. The number of piperazine rings is 1. The lowest BCUT2D eigenvalue weighted by Gasteiger charge is -2.32. The number of thiophene rings is 1. The number of carbonyl (C=O) groups excluding carboxylic acids is 1. The Bertz CT molecular complexity index is 695. The third kappa shape index (κ3) is 5.79. The van der Waals surface area contributed by atoms with E-state index in [4.69, 9.17) is 4.74 Å². The van der Waals surface area contributed by atoms with Gasteiger partial charge in [-0.3, -0.25) is 4.79 Å². The summed E-state index contributed by atoms with van der Waals surface area (Å²) < 4.78 is 5.22. The maximum Gasteiger partial charge on any atom is 0.278 e. The molecule has 146 valence electrons. The second-order valence-corrected chi connectivity index (χ2v) is 8.31. The molecule has 0 bridgehead atoms. The van der Waals surface area contributed by atoms with E-state index in [9.17, 15) is 4.79 Å². The Balaban J connectivity index is 1.38. The van der Waals surface area contributed by atoms with Gasteiger partial charge < -0.3 is 19.9 Å². The van der Waals surface area contributed by atoms with Crippen molar-refractivity contribution in [2.24, 2.45) is 0 Å². The fourth-order valence-electron chi connectivity index (χ4n) is 3.67. The normalized spacial score (nSPS) is 20.8. The Morgan fingerprint density at radius 2 is 1.93 bits per heavy atom. The number of methoxy groups -OCH3 is 1. The SMILES string of the molecule is COc1ccc(C[NH+]2CC[NH+]([C@H](C)C(=O)NCCc3cccs3)CC2)cc1. The van der Waals surface area contributed by atoms with Crippen molar-refractivity contribution in [2.75, 3.05) is 39.8 Å². The monoisotopic (exact) mass is 389 g/mol. The fraction of sp³-hybridized carbons (Fsp3) is 0.476. The van der Waals surface area contributed by atoms with Crippen LogP contribution >= 0.6 is 11.3 Å². The van der Waals surface area contributed by atoms with Crippen LogP contribution in [0.25, 0.3) is 0 Å². The van der Waals surface area contributed by atoms with Gasteiger partial charge in [0.25, 0.3) is 5.91 Å². The van der Waals surface area contributed by atoms with Crippen molar-refractivity contribution in [1.82, 2.24) is 5.32 Å². The minimum atomic E-state index is 0.0240. The number of benzene rings is 1. The molecule has 3 rings (SSSR count). The summed E-state index contributed by atoms with van der Waals surface area (Å²) in [5, 5.41) is 5.19. The molecule has 5 nitrogen and oxygen atoms in total. The molecule has 1 aliphatic heterocycles. The van der Waals surface area contributed by atoms with E-state index < -0.39 is 0 Å². The highest BCUT2D eigenvalue weighted by Crippen LogP contribution is 2.10. The largest absolute Gasteiger partial charge is 0.497 e. The van der Waals surface area contributed by atoms with Gasteiger partial charge in [0, 0.05) is 17.0 Å². The van der Waals surface area contributed by atoms with Crippen LogP contribution in [0.4, 0.5) is 0 Å². The molecule has 6 heteroatoms. The lowest BCUT2D eigenvalue weighted by Crippen LogP contribution is -3.29. The lowest BCUT2D eigenvalue weighted by atomic mass is 10.1. The van der Waals surface area contributed by atoms with Crippen molar-refractivity contribution in [3.8, 4) is 5.75 Å². The molecule has 3 N–H and O–H groups in total. The van der Waals surface area contributed by atoms with Crippen LogP contribution in [0, 0.1) is 0 Å². The number of nitrogens with one attached hydrogen (secondary N) is 3. The molecule has 0 unspecified atom stereocenters. The Hall–Kier alpha value is -1.89. The van der Waals surface area contributed by atoms with E-state index in [1.807, 2.05) is 12.1 Å². The molecule has 1 fully saturated rings. The highest BCUT2D eigenvalue weighted by atomic mass is 32.1. The van der Waals surface area contributed by atoms with Gasteiger partial charge in [-0.15, -0.1) is 11.3 Å². The molecule has 0 aliphatic carbocycles. The first kappa shape index (κ1) is 19.9. The zero-order chi connectivity index (χ0) is 19.1. The molecule has 2 heterocycles. The number of quaternary nitrogens is 2. The standard InChI is InChI=1S/C21H29N3O2S/c1-17(21(25)22-10-9-20-4-3-15-27-20)24-13-11-23(12-14-24)16-18-5-7-19(26-2)8-6-18/h3-8,15,17H,9-14,16H2,1-2H3,(H,22,25)/p+2/t17-/m1/s1. The molecular weight excluding hydrogens is 358 g/mol. The van der Waals surface area contributed by atoms with E-state index >= 15 is 0 Å². The zero-order valence-corrected chi connectivity index (χ0v) is 17.1. The van der Waals surface area contributed by atoms with Crippen LogP contribution in [-0.4, -0.2) is 51.8 Å². The van der Waals surface area contributed by atoms with E-state index in [1.54, 1.807) is 23.3 Å². The molecule has 2 aromatic rings.